The molecule has 0 aliphatic heterocycles. The van der Waals surface area contributed by atoms with Crippen molar-refractivity contribution in [3.63, 3.8) is 0 Å². The van der Waals surface area contributed by atoms with Crippen LogP contribution in [-0.2, 0) is 5.41 Å². The van der Waals surface area contributed by atoms with Crippen LogP contribution in [0.5, 0.6) is 0 Å². The molecule has 59 heavy (non-hydrogen) atoms. The van der Waals surface area contributed by atoms with Crippen molar-refractivity contribution in [3.05, 3.63) is 230 Å². The largest absolute Gasteiger partial charge is 0.311 e. The van der Waals surface area contributed by atoms with E-state index in [1.54, 1.807) is 0 Å². The maximum atomic E-state index is 2.49. The lowest BCUT2D eigenvalue weighted by molar-refractivity contribution is 0.594. The van der Waals surface area contributed by atoms with Crippen LogP contribution in [0.15, 0.2) is 224 Å². The summed E-state index contributed by atoms with van der Waals surface area (Å²) >= 11 is 1.86. The van der Waals surface area contributed by atoms with Crippen molar-refractivity contribution < 1.29 is 0 Å². The minimum absolute atomic E-state index is 0.234. The fourth-order valence-electron chi connectivity index (χ4n) is 9.04. The molecule has 0 fully saturated rings. The summed E-state index contributed by atoms with van der Waals surface area (Å²) in [6.45, 7) is 2.39. The number of thiophene rings is 1. The van der Waals surface area contributed by atoms with Crippen molar-refractivity contribution >= 4 is 81.8 Å². The molecule has 2 heterocycles. The number of anilines is 5. The molecular weight excluding hydrogens is 735 g/mol. The maximum absolute atomic E-state index is 2.49. The zero-order valence-electron chi connectivity index (χ0n) is 32.7. The van der Waals surface area contributed by atoms with E-state index >= 15 is 0 Å². The Kier molecular flexibility index (Phi) is 8.53. The van der Waals surface area contributed by atoms with E-state index in [2.05, 4.69) is 240 Å². The van der Waals surface area contributed by atoms with Gasteiger partial charge in [-0.05, 0) is 115 Å². The van der Waals surface area contributed by atoms with E-state index in [-0.39, 0.29) is 5.41 Å². The Hall–Kier alpha value is -7.14. The van der Waals surface area contributed by atoms with Gasteiger partial charge in [-0.1, -0.05) is 122 Å². The average Bonchev–Trinajstić information content (AvgIpc) is 3.83. The predicted octanol–water partition coefficient (Wildman–Crippen LogP) is 15.6. The normalized spacial score (nSPS) is 15.2. The Morgan fingerprint density at radius 1 is 0.458 bits per heavy atom. The van der Waals surface area contributed by atoms with E-state index in [9.17, 15) is 0 Å². The third-order valence-electron chi connectivity index (χ3n) is 11.9. The Morgan fingerprint density at radius 3 is 1.75 bits per heavy atom. The highest BCUT2D eigenvalue weighted by molar-refractivity contribution is 7.25. The van der Waals surface area contributed by atoms with Gasteiger partial charge in [0.2, 0.25) is 0 Å². The topological polar surface area (TPSA) is 11.4 Å². The second kappa shape index (κ2) is 14.4. The molecule has 0 spiro atoms. The quantitative estimate of drug-likeness (QED) is 0.152. The molecule has 0 amide bonds. The van der Waals surface area contributed by atoms with Crippen LogP contribution < -0.4 is 9.80 Å². The van der Waals surface area contributed by atoms with Gasteiger partial charge in [0.15, 0.2) is 0 Å². The highest BCUT2D eigenvalue weighted by atomic mass is 32.1. The molecule has 1 atom stereocenters. The molecule has 0 radical (unpaired) electrons. The first kappa shape index (κ1) is 35.1. The minimum Gasteiger partial charge on any atom is -0.311 e. The lowest BCUT2D eigenvalue weighted by Crippen LogP contribution is -2.25. The van der Waals surface area contributed by atoms with E-state index in [1.165, 1.54) is 53.2 Å². The molecule has 8 aromatic carbocycles. The van der Waals surface area contributed by atoms with Crippen molar-refractivity contribution in [1.82, 2.24) is 4.57 Å². The van der Waals surface area contributed by atoms with Crippen LogP contribution in [0.4, 0.5) is 28.4 Å². The smallest absolute Gasteiger partial charge is 0.0544 e. The van der Waals surface area contributed by atoms with Gasteiger partial charge >= 0.3 is 0 Å². The first-order valence-corrected chi connectivity index (χ1v) is 21.1. The second-order valence-corrected chi connectivity index (χ2v) is 16.7. The number of hydrogen-bond donors (Lipinski definition) is 0. The summed E-state index contributed by atoms with van der Waals surface area (Å²) in [7, 11) is 0. The third-order valence-corrected chi connectivity index (χ3v) is 13.0. The van der Waals surface area contributed by atoms with Gasteiger partial charge in [-0.3, -0.25) is 0 Å². The molecule has 1 aliphatic carbocycles. The minimum atomic E-state index is -0.234. The summed E-state index contributed by atoms with van der Waals surface area (Å²) in [4.78, 5) is 4.77. The predicted molar refractivity (Wildman–Crippen MR) is 253 cm³/mol. The van der Waals surface area contributed by atoms with Crippen LogP contribution >= 0.6 is 11.3 Å². The lowest BCUT2D eigenvalue weighted by atomic mass is 9.76. The molecule has 4 heteroatoms. The molecule has 0 saturated heterocycles. The number of fused-ring (bicyclic) bond motifs is 6. The van der Waals surface area contributed by atoms with Crippen LogP contribution in [0, 0.1) is 0 Å². The fraction of sp³-hybridized carbons (Fsp3) is 0.0545. The van der Waals surface area contributed by atoms with Gasteiger partial charge in [0.1, 0.15) is 0 Å². The highest BCUT2D eigenvalue weighted by Crippen LogP contribution is 2.45. The molecule has 0 bridgehead atoms. The summed E-state index contributed by atoms with van der Waals surface area (Å²) in [5.41, 5.74) is 11.6. The number of rotatable bonds is 8. The lowest BCUT2D eigenvalue weighted by Gasteiger charge is -2.34. The first-order valence-electron chi connectivity index (χ1n) is 20.3. The Labute approximate surface area is 348 Å². The van der Waals surface area contributed by atoms with Crippen molar-refractivity contribution in [2.75, 3.05) is 9.80 Å². The number of hydrogen-bond acceptors (Lipinski definition) is 3. The molecule has 10 aromatic rings. The maximum Gasteiger partial charge on any atom is 0.0544 e. The van der Waals surface area contributed by atoms with E-state index < -0.39 is 0 Å². The molecule has 0 N–H and O–H groups in total. The molecule has 0 saturated carbocycles. The first-order chi connectivity index (χ1) is 29.1. The van der Waals surface area contributed by atoms with Gasteiger partial charge in [0.25, 0.3) is 0 Å². The Bertz CT molecular complexity index is 3160. The molecule has 1 unspecified atom stereocenters. The van der Waals surface area contributed by atoms with Crippen molar-refractivity contribution in [1.29, 1.82) is 0 Å². The molecule has 282 valence electrons. The standard InChI is InChI=1S/C55H41N3S/c1-55(39-28-31-48-47-26-14-15-27-51(47)58(52(48)35-39)43-23-12-5-13-24-43)34-16-25-46(38-55)57(42-21-10-4-11-22-42)44-30-33-53-50(36-44)49-32-29-45(37-54(49)59-53)56(40-17-6-2-7-18-40)41-19-8-3-9-20-41/h2-33,35-38H,34H2,1H3. The van der Waals surface area contributed by atoms with E-state index in [4.69, 9.17) is 0 Å². The Balaban J connectivity index is 1.02. The van der Waals surface area contributed by atoms with E-state index in [1.807, 2.05) is 11.3 Å². The van der Waals surface area contributed by atoms with Gasteiger partial charge < -0.3 is 14.4 Å². The van der Waals surface area contributed by atoms with Crippen LogP contribution in [0.25, 0.3) is 47.7 Å². The van der Waals surface area contributed by atoms with Crippen LogP contribution in [0.1, 0.15) is 18.9 Å². The summed E-state index contributed by atoms with van der Waals surface area (Å²) < 4.78 is 4.96. The molecule has 2 aromatic heterocycles. The summed E-state index contributed by atoms with van der Waals surface area (Å²) in [6.07, 6.45) is 8.06. The molecule has 1 aliphatic rings. The van der Waals surface area contributed by atoms with Crippen molar-refractivity contribution in [2.45, 2.75) is 18.8 Å². The molecule has 3 nitrogen and oxygen atoms in total. The number of benzene rings is 8. The van der Waals surface area contributed by atoms with Crippen LogP contribution in [-0.4, -0.2) is 4.57 Å². The van der Waals surface area contributed by atoms with Crippen LogP contribution in [0.2, 0.25) is 0 Å². The summed E-state index contributed by atoms with van der Waals surface area (Å²) in [6, 6.07) is 72.6. The van der Waals surface area contributed by atoms with Gasteiger partial charge in [0, 0.05) is 76.2 Å². The summed E-state index contributed by atoms with van der Waals surface area (Å²) in [5, 5.41) is 5.08. The van der Waals surface area contributed by atoms with Gasteiger partial charge in [0.05, 0.1) is 11.0 Å². The van der Waals surface area contributed by atoms with Crippen LogP contribution in [0.3, 0.4) is 0 Å². The number of para-hydroxylation sites is 5. The number of nitrogens with zero attached hydrogens (tertiary/aromatic N) is 3. The van der Waals surface area contributed by atoms with Gasteiger partial charge in [-0.15, -0.1) is 11.3 Å². The second-order valence-electron chi connectivity index (χ2n) is 15.7. The van der Waals surface area contributed by atoms with E-state index in [0.29, 0.717) is 0 Å². The third kappa shape index (κ3) is 6.12. The highest BCUT2D eigenvalue weighted by Gasteiger charge is 2.29. The molecular formula is C55H41N3S. The SMILES string of the molecule is CC1(c2ccc3c4ccccc4n(-c4ccccc4)c3c2)C=C(N(c2ccccc2)c2ccc3sc4cc(N(c5ccccc5)c5ccccc5)ccc4c3c2)C=CC1. The van der Waals surface area contributed by atoms with Gasteiger partial charge in [-0.2, -0.15) is 0 Å². The zero-order valence-corrected chi connectivity index (χ0v) is 33.6. The van der Waals surface area contributed by atoms with Gasteiger partial charge in [-0.25, -0.2) is 0 Å². The number of allylic oxidation sites excluding steroid dienone is 3. The average molecular weight is 776 g/mol. The Morgan fingerprint density at radius 2 is 1.03 bits per heavy atom. The van der Waals surface area contributed by atoms with E-state index in [0.717, 1.165) is 40.6 Å². The van der Waals surface area contributed by atoms with Crippen molar-refractivity contribution in [3.8, 4) is 5.69 Å². The fourth-order valence-corrected chi connectivity index (χ4v) is 10.2. The zero-order chi connectivity index (χ0) is 39.3. The summed E-state index contributed by atoms with van der Waals surface area (Å²) in [5.74, 6) is 0. The van der Waals surface area contributed by atoms with Crippen molar-refractivity contribution in [2.24, 2.45) is 0 Å². The number of aromatic nitrogens is 1. The monoisotopic (exact) mass is 775 g/mol. The molecule has 11 rings (SSSR count).